The minimum absolute atomic E-state index is 0.0458. The molecular formula is C13H17ClN6O2. The zero-order chi connectivity index (χ0) is 15.7. The molecule has 8 nitrogen and oxygen atoms in total. The average molecular weight is 325 g/mol. The van der Waals surface area contributed by atoms with E-state index in [2.05, 4.69) is 20.7 Å². The molecule has 3 heterocycles. The van der Waals surface area contributed by atoms with Crippen LogP contribution in [-0.4, -0.2) is 49.9 Å². The second-order valence-corrected chi connectivity index (χ2v) is 5.68. The maximum Gasteiger partial charge on any atom is 0.242 e. The molecule has 1 aliphatic rings. The minimum atomic E-state index is -0.137. The standard InChI is InChI=1S/C13H17ClN6O2/c1-8-13(14)9(2)20(17-8)5-12(21)16-10-6-22-7-11(10)19-4-3-15-18-19/h3-4,10-11H,5-7H2,1-2H3,(H,16,21)/t10-,11+/m0/s1. The summed E-state index contributed by atoms with van der Waals surface area (Å²) in [5.41, 5.74) is 1.50. The van der Waals surface area contributed by atoms with Gasteiger partial charge in [0.1, 0.15) is 6.54 Å². The SMILES string of the molecule is Cc1nn(CC(=O)N[C@H]2COC[C@H]2n2ccnn2)c(C)c1Cl. The molecule has 0 spiro atoms. The highest BCUT2D eigenvalue weighted by atomic mass is 35.5. The molecule has 0 radical (unpaired) electrons. The van der Waals surface area contributed by atoms with Gasteiger partial charge >= 0.3 is 0 Å². The third-order valence-electron chi connectivity index (χ3n) is 3.76. The summed E-state index contributed by atoms with van der Waals surface area (Å²) in [6.07, 6.45) is 3.37. The maximum atomic E-state index is 12.2. The second kappa shape index (κ2) is 6.05. The van der Waals surface area contributed by atoms with E-state index in [-0.39, 0.29) is 24.5 Å². The first-order valence-electron chi connectivity index (χ1n) is 6.98. The number of nitrogens with zero attached hydrogens (tertiary/aromatic N) is 5. The maximum absolute atomic E-state index is 12.2. The van der Waals surface area contributed by atoms with Gasteiger partial charge in [0.05, 0.1) is 47.9 Å². The van der Waals surface area contributed by atoms with E-state index in [1.807, 2.05) is 13.8 Å². The number of carbonyl (C=O) groups is 1. The van der Waals surface area contributed by atoms with Crippen LogP contribution in [0, 0.1) is 13.8 Å². The van der Waals surface area contributed by atoms with E-state index in [1.54, 1.807) is 21.8 Å². The molecule has 1 N–H and O–H groups in total. The van der Waals surface area contributed by atoms with Crippen LogP contribution >= 0.6 is 11.6 Å². The largest absolute Gasteiger partial charge is 0.377 e. The van der Waals surface area contributed by atoms with Crippen molar-refractivity contribution in [3.63, 3.8) is 0 Å². The number of hydrogen-bond acceptors (Lipinski definition) is 5. The number of amides is 1. The van der Waals surface area contributed by atoms with Crippen molar-refractivity contribution in [1.29, 1.82) is 0 Å². The fraction of sp³-hybridized carbons (Fsp3) is 0.538. The molecule has 2 atom stereocenters. The van der Waals surface area contributed by atoms with Gasteiger partial charge in [0, 0.05) is 6.20 Å². The third-order valence-corrected chi connectivity index (χ3v) is 4.31. The lowest BCUT2D eigenvalue weighted by Crippen LogP contribution is -2.42. The highest BCUT2D eigenvalue weighted by molar-refractivity contribution is 6.31. The molecule has 0 aromatic carbocycles. The van der Waals surface area contributed by atoms with Gasteiger partial charge in [-0.15, -0.1) is 5.10 Å². The van der Waals surface area contributed by atoms with E-state index in [0.29, 0.717) is 18.2 Å². The Kier molecular flexibility index (Phi) is 4.12. The van der Waals surface area contributed by atoms with E-state index in [4.69, 9.17) is 16.3 Å². The number of aromatic nitrogens is 5. The Balaban J connectivity index is 1.65. The van der Waals surface area contributed by atoms with Crippen molar-refractivity contribution in [1.82, 2.24) is 30.1 Å². The normalized spacial score (nSPS) is 21.2. The summed E-state index contributed by atoms with van der Waals surface area (Å²) in [5, 5.41) is 15.6. The molecule has 118 valence electrons. The number of rotatable bonds is 4. The molecule has 0 saturated carbocycles. The summed E-state index contributed by atoms with van der Waals surface area (Å²) in [7, 11) is 0. The summed E-state index contributed by atoms with van der Waals surface area (Å²) >= 11 is 6.09. The van der Waals surface area contributed by atoms with Gasteiger partial charge in [0.15, 0.2) is 0 Å². The van der Waals surface area contributed by atoms with Crippen LogP contribution in [0.25, 0.3) is 0 Å². The average Bonchev–Trinajstić information content (AvgIpc) is 3.18. The molecule has 22 heavy (non-hydrogen) atoms. The van der Waals surface area contributed by atoms with Gasteiger partial charge in [-0.25, -0.2) is 4.68 Å². The van der Waals surface area contributed by atoms with Crippen molar-refractivity contribution in [2.24, 2.45) is 0 Å². The van der Waals surface area contributed by atoms with E-state index in [0.717, 1.165) is 11.4 Å². The predicted octanol–water partition coefficient (Wildman–Crippen LogP) is 0.501. The van der Waals surface area contributed by atoms with Crippen LogP contribution in [-0.2, 0) is 16.1 Å². The molecule has 2 aromatic rings. The molecule has 3 rings (SSSR count). The molecule has 1 saturated heterocycles. The second-order valence-electron chi connectivity index (χ2n) is 5.30. The van der Waals surface area contributed by atoms with Crippen LogP contribution < -0.4 is 5.32 Å². The van der Waals surface area contributed by atoms with Gasteiger partial charge < -0.3 is 10.1 Å². The molecule has 0 bridgehead atoms. The van der Waals surface area contributed by atoms with Gasteiger partial charge in [0.2, 0.25) is 5.91 Å². The first-order chi connectivity index (χ1) is 10.6. The molecule has 0 aliphatic carbocycles. The van der Waals surface area contributed by atoms with E-state index in [1.165, 1.54) is 0 Å². The van der Waals surface area contributed by atoms with Gasteiger partial charge in [-0.2, -0.15) is 5.10 Å². The van der Waals surface area contributed by atoms with Gasteiger partial charge in [0.25, 0.3) is 0 Å². The number of ether oxygens (including phenoxy) is 1. The molecule has 1 amide bonds. The molecular weight excluding hydrogens is 308 g/mol. The molecule has 2 aromatic heterocycles. The van der Waals surface area contributed by atoms with Crippen molar-refractivity contribution in [2.75, 3.05) is 13.2 Å². The Labute approximate surface area is 132 Å². The summed E-state index contributed by atoms with van der Waals surface area (Å²) in [6, 6.07) is -0.183. The Morgan fingerprint density at radius 2 is 2.32 bits per heavy atom. The monoisotopic (exact) mass is 324 g/mol. The highest BCUT2D eigenvalue weighted by Gasteiger charge is 2.31. The van der Waals surface area contributed by atoms with E-state index >= 15 is 0 Å². The smallest absolute Gasteiger partial charge is 0.242 e. The summed E-state index contributed by atoms with van der Waals surface area (Å²) in [4.78, 5) is 12.2. The van der Waals surface area contributed by atoms with E-state index < -0.39 is 0 Å². The Bertz CT molecular complexity index is 668. The van der Waals surface area contributed by atoms with Crippen LogP contribution in [0.4, 0.5) is 0 Å². The molecule has 1 aliphatic heterocycles. The lowest BCUT2D eigenvalue weighted by molar-refractivity contribution is -0.122. The number of aryl methyl sites for hydroxylation is 1. The summed E-state index contributed by atoms with van der Waals surface area (Å²) in [6.45, 7) is 4.73. The number of hydrogen-bond donors (Lipinski definition) is 1. The lowest BCUT2D eigenvalue weighted by Gasteiger charge is -2.19. The van der Waals surface area contributed by atoms with Gasteiger partial charge in [-0.1, -0.05) is 16.8 Å². The van der Waals surface area contributed by atoms with Crippen LogP contribution in [0.2, 0.25) is 5.02 Å². The molecule has 1 fully saturated rings. The first kappa shape index (κ1) is 15.0. The number of halogens is 1. The van der Waals surface area contributed by atoms with Crippen LogP contribution in [0.1, 0.15) is 17.4 Å². The first-order valence-corrected chi connectivity index (χ1v) is 7.36. The van der Waals surface area contributed by atoms with Crippen molar-refractivity contribution in [3.8, 4) is 0 Å². The fourth-order valence-corrected chi connectivity index (χ4v) is 2.69. The van der Waals surface area contributed by atoms with Crippen molar-refractivity contribution >= 4 is 17.5 Å². The highest BCUT2D eigenvalue weighted by Crippen LogP contribution is 2.20. The zero-order valence-corrected chi connectivity index (χ0v) is 13.1. The van der Waals surface area contributed by atoms with Gasteiger partial charge in [-0.3, -0.25) is 9.48 Å². The third kappa shape index (κ3) is 2.84. The van der Waals surface area contributed by atoms with Crippen molar-refractivity contribution in [3.05, 3.63) is 28.8 Å². The number of nitrogens with one attached hydrogen (secondary N) is 1. The Hall–Kier alpha value is -1.93. The minimum Gasteiger partial charge on any atom is -0.377 e. The quantitative estimate of drug-likeness (QED) is 0.885. The van der Waals surface area contributed by atoms with Crippen molar-refractivity contribution < 1.29 is 9.53 Å². The Morgan fingerprint density at radius 3 is 2.95 bits per heavy atom. The predicted molar refractivity (Wildman–Crippen MR) is 78.5 cm³/mol. The van der Waals surface area contributed by atoms with E-state index in [9.17, 15) is 4.79 Å². The summed E-state index contributed by atoms with van der Waals surface area (Å²) in [5.74, 6) is -0.136. The van der Waals surface area contributed by atoms with Crippen LogP contribution in [0.5, 0.6) is 0 Å². The van der Waals surface area contributed by atoms with Gasteiger partial charge in [-0.05, 0) is 13.8 Å². The topological polar surface area (TPSA) is 86.9 Å². The summed E-state index contributed by atoms with van der Waals surface area (Å²) < 4.78 is 8.76. The van der Waals surface area contributed by atoms with Crippen LogP contribution in [0.3, 0.4) is 0 Å². The van der Waals surface area contributed by atoms with Crippen molar-refractivity contribution in [2.45, 2.75) is 32.5 Å². The fourth-order valence-electron chi connectivity index (χ4n) is 2.55. The molecule has 9 heteroatoms. The zero-order valence-electron chi connectivity index (χ0n) is 12.4. The Morgan fingerprint density at radius 1 is 1.50 bits per heavy atom. The lowest BCUT2D eigenvalue weighted by atomic mass is 10.2. The number of carbonyl (C=O) groups excluding carboxylic acids is 1. The molecule has 0 unspecified atom stereocenters. The van der Waals surface area contributed by atoms with Crippen LogP contribution in [0.15, 0.2) is 12.4 Å².